The minimum absolute atomic E-state index is 0. The van der Waals surface area contributed by atoms with Crippen LogP contribution in [0, 0.1) is 6.92 Å². The number of rotatable bonds is 4. The molecule has 20 heavy (non-hydrogen) atoms. The van der Waals surface area contributed by atoms with Crippen LogP contribution >= 0.6 is 12.4 Å². The van der Waals surface area contributed by atoms with E-state index in [0.29, 0.717) is 6.42 Å². The molecule has 0 spiro atoms. The van der Waals surface area contributed by atoms with Gasteiger partial charge in [-0.2, -0.15) is 0 Å². The minimum atomic E-state index is -0.657. The summed E-state index contributed by atoms with van der Waals surface area (Å²) in [5.74, 6) is 0.381. The number of nitrogens with two attached hydrogens (primary N) is 1. The molecular formula is C14H19ClN2O3. The summed E-state index contributed by atoms with van der Waals surface area (Å²) in [6.45, 7) is 2.01. The zero-order valence-corrected chi connectivity index (χ0v) is 12.5. The average molecular weight is 299 g/mol. The van der Waals surface area contributed by atoms with Gasteiger partial charge < -0.3 is 20.2 Å². The molecule has 3 N–H and O–H groups in total. The number of aryl methyl sites for hydroxylation is 1. The van der Waals surface area contributed by atoms with Gasteiger partial charge in [-0.05, 0) is 30.2 Å². The molecule has 5 nitrogen and oxygen atoms in total. The van der Waals surface area contributed by atoms with Crippen molar-refractivity contribution in [2.45, 2.75) is 19.4 Å². The summed E-state index contributed by atoms with van der Waals surface area (Å²) < 4.78 is 9.91. The molecule has 0 amide bonds. The number of carbonyl (C=O) groups is 1. The van der Waals surface area contributed by atoms with E-state index in [1.807, 2.05) is 25.3 Å². The van der Waals surface area contributed by atoms with Gasteiger partial charge in [0.25, 0.3) is 0 Å². The average Bonchev–Trinajstić information content (AvgIpc) is 2.81. The molecule has 0 saturated carbocycles. The van der Waals surface area contributed by atoms with E-state index in [4.69, 9.17) is 10.5 Å². The topological polar surface area (TPSA) is 77.3 Å². The highest BCUT2D eigenvalue weighted by atomic mass is 35.5. The van der Waals surface area contributed by atoms with Crippen LogP contribution in [0.15, 0.2) is 18.3 Å². The van der Waals surface area contributed by atoms with Gasteiger partial charge in [-0.25, -0.2) is 0 Å². The van der Waals surface area contributed by atoms with Gasteiger partial charge in [-0.3, -0.25) is 4.79 Å². The first-order chi connectivity index (χ1) is 9.06. The van der Waals surface area contributed by atoms with Crippen LogP contribution in [0.1, 0.15) is 11.1 Å². The van der Waals surface area contributed by atoms with E-state index in [2.05, 4.69) is 9.72 Å². The van der Waals surface area contributed by atoms with Gasteiger partial charge in [0.05, 0.1) is 14.2 Å². The van der Waals surface area contributed by atoms with Gasteiger partial charge in [-0.15, -0.1) is 12.4 Å². The Hall–Kier alpha value is -1.72. The van der Waals surface area contributed by atoms with Gasteiger partial charge in [-0.1, -0.05) is 0 Å². The second-order valence-corrected chi connectivity index (χ2v) is 4.51. The Morgan fingerprint density at radius 3 is 2.70 bits per heavy atom. The lowest BCUT2D eigenvalue weighted by atomic mass is 10.0. The maximum Gasteiger partial charge on any atom is 0.322 e. The number of methoxy groups -OCH3 is 2. The molecule has 0 aliphatic carbocycles. The summed E-state index contributed by atoms with van der Waals surface area (Å²) >= 11 is 0. The molecule has 0 fully saturated rings. The van der Waals surface area contributed by atoms with Crippen molar-refractivity contribution < 1.29 is 14.3 Å². The number of carbonyl (C=O) groups excluding carboxylic acids is 1. The van der Waals surface area contributed by atoms with Gasteiger partial charge in [0.15, 0.2) is 0 Å². The molecule has 2 rings (SSSR count). The lowest BCUT2D eigenvalue weighted by Crippen LogP contribution is -2.33. The number of halogens is 1. The zero-order valence-electron chi connectivity index (χ0n) is 11.7. The Labute approximate surface area is 123 Å². The van der Waals surface area contributed by atoms with Crippen molar-refractivity contribution in [3.05, 3.63) is 29.5 Å². The van der Waals surface area contributed by atoms with E-state index in [9.17, 15) is 4.79 Å². The van der Waals surface area contributed by atoms with E-state index in [-0.39, 0.29) is 12.4 Å². The van der Waals surface area contributed by atoms with Crippen molar-refractivity contribution in [3.8, 4) is 5.75 Å². The molecule has 0 radical (unpaired) electrons. The largest absolute Gasteiger partial charge is 0.497 e. The second kappa shape index (κ2) is 6.63. The number of hydrogen-bond acceptors (Lipinski definition) is 4. The van der Waals surface area contributed by atoms with E-state index < -0.39 is 12.0 Å². The number of H-pyrrole nitrogens is 1. The Balaban J connectivity index is 0.00000200. The summed E-state index contributed by atoms with van der Waals surface area (Å²) in [6, 6.07) is 3.25. The van der Waals surface area contributed by atoms with E-state index in [0.717, 1.165) is 27.8 Å². The highest BCUT2D eigenvalue weighted by Crippen LogP contribution is 2.27. The molecule has 1 atom stereocenters. The lowest BCUT2D eigenvalue weighted by molar-refractivity contribution is -0.142. The highest BCUT2D eigenvalue weighted by Gasteiger charge is 2.17. The van der Waals surface area contributed by atoms with Gasteiger partial charge in [0.1, 0.15) is 11.8 Å². The first-order valence-corrected chi connectivity index (χ1v) is 6.04. The van der Waals surface area contributed by atoms with Crippen LogP contribution in [-0.4, -0.2) is 31.2 Å². The summed E-state index contributed by atoms with van der Waals surface area (Å²) in [5.41, 5.74) is 8.91. The molecule has 1 aromatic heterocycles. The van der Waals surface area contributed by atoms with E-state index in [1.54, 1.807) is 7.11 Å². The fraction of sp³-hybridized carbons (Fsp3) is 0.357. The third kappa shape index (κ3) is 3.05. The summed E-state index contributed by atoms with van der Waals surface area (Å²) in [7, 11) is 2.97. The predicted molar refractivity (Wildman–Crippen MR) is 80.5 cm³/mol. The Morgan fingerprint density at radius 2 is 2.10 bits per heavy atom. The molecule has 1 unspecified atom stereocenters. The van der Waals surface area contributed by atoms with Crippen LogP contribution in [0.4, 0.5) is 0 Å². The third-order valence-electron chi connectivity index (χ3n) is 3.23. The standard InChI is InChI=1S/C14H18N2O3.ClH/c1-8-4-10(18-2)6-11-9(7-16-13(8)11)5-12(15)14(17)19-3;/h4,6-7,12,16H,5,15H2,1-3H3;1H. The number of aromatic amines is 1. The maximum atomic E-state index is 11.4. The Bertz CT molecular complexity index is 610. The van der Waals surface area contributed by atoms with Crippen molar-refractivity contribution in [1.82, 2.24) is 4.98 Å². The molecule has 2 aromatic rings. The van der Waals surface area contributed by atoms with Gasteiger partial charge in [0, 0.05) is 23.5 Å². The Kier molecular flexibility index (Phi) is 5.42. The van der Waals surface area contributed by atoms with E-state index in [1.165, 1.54) is 7.11 Å². The number of aromatic nitrogens is 1. The van der Waals surface area contributed by atoms with Crippen LogP contribution in [0.5, 0.6) is 5.75 Å². The minimum Gasteiger partial charge on any atom is -0.497 e. The van der Waals surface area contributed by atoms with Gasteiger partial charge in [0.2, 0.25) is 0 Å². The van der Waals surface area contributed by atoms with Crippen molar-refractivity contribution >= 4 is 29.3 Å². The molecule has 0 saturated heterocycles. The molecule has 0 aliphatic rings. The van der Waals surface area contributed by atoms with Crippen molar-refractivity contribution in [2.24, 2.45) is 5.73 Å². The molecule has 110 valence electrons. The van der Waals surface area contributed by atoms with Crippen LogP contribution < -0.4 is 10.5 Å². The van der Waals surface area contributed by atoms with Crippen LogP contribution in [-0.2, 0) is 16.0 Å². The number of fused-ring (bicyclic) bond motifs is 1. The van der Waals surface area contributed by atoms with E-state index >= 15 is 0 Å². The van der Waals surface area contributed by atoms with Crippen molar-refractivity contribution in [3.63, 3.8) is 0 Å². The number of hydrogen-bond donors (Lipinski definition) is 2. The molecule has 6 heteroatoms. The van der Waals surface area contributed by atoms with Crippen molar-refractivity contribution in [1.29, 1.82) is 0 Å². The SMILES string of the molecule is COC(=O)C(N)Cc1c[nH]c2c(C)cc(OC)cc12.Cl. The van der Waals surface area contributed by atoms with Gasteiger partial charge >= 0.3 is 5.97 Å². The number of nitrogens with one attached hydrogen (secondary N) is 1. The highest BCUT2D eigenvalue weighted by molar-refractivity contribution is 5.88. The Morgan fingerprint density at radius 1 is 1.40 bits per heavy atom. The third-order valence-corrected chi connectivity index (χ3v) is 3.23. The summed E-state index contributed by atoms with van der Waals surface area (Å²) in [5, 5.41) is 1.02. The van der Waals surface area contributed by atoms with Crippen LogP contribution in [0.2, 0.25) is 0 Å². The summed E-state index contributed by atoms with van der Waals surface area (Å²) in [6.07, 6.45) is 2.30. The number of esters is 1. The predicted octanol–water partition coefficient (Wildman–Crippen LogP) is 1.95. The first-order valence-electron chi connectivity index (χ1n) is 6.04. The zero-order chi connectivity index (χ0) is 14.0. The fourth-order valence-corrected chi connectivity index (χ4v) is 2.19. The molecule has 1 heterocycles. The number of benzene rings is 1. The first kappa shape index (κ1) is 16.3. The second-order valence-electron chi connectivity index (χ2n) is 4.51. The monoisotopic (exact) mass is 298 g/mol. The quantitative estimate of drug-likeness (QED) is 0.846. The number of ether oxygens (including phenoxy) is 2. The molecule has 0 bridgehead atoms. The van der Waals surface area contributed by atoms with Crippen molar-refractivity contribution in [2.75, 3.05) is 14.2 Å². The normalized spacial score (nSPS) is 11.8. The lowest BCUT2D eigenvalue weighted by Gasteiger charge is -2.09. The maximum absolute atomic E-state index is 11.4. The fourth-order valence-electron chi connectivity index (χ4n) is 2.19. The molecule has 1 aromatic carbocycles. The summed E-state index contributed by atoms with van der Waals surface area (Å²) in [4.78, 5) is 14.6. The molecule has 0 aliphatic heterocycles. The molecular weight excluding hydrogens is 280 g/mol. The smallest absolute Gasteiger partial charge is 0.322 e. The van der Waals surface area contributed by atoms with Crippen LogP contribution in [0.3, 0.4) is 0 Å². The van der Waals surface area contributed by atoms with Crippen LogP contribution in [0.25, 0.3) is 10.9 Å².